The molecule has 44 heavy (non-hydrogen) atoms. The predicted octanol–water partition coefficient (Wildman–Crippen LogP) is 8.73. The van der Waals surface area contributed by atoms with Crippen molar-refractivity contribution in [1.29, 1.82) is 0 Å². The smallest absolute Gasteiger partial charge is 0.164 e. The van der Waals surface area contributed by atoms with Crippen LogP contribution in [0.15, 0.2) is 132 Å². The van der Waals surface area contributed by atoms with Crippen LogP contribution in [0.25, 0.3) is 78.0 Å². The molecule has 208 valence electrons. The van der Waals surface area contributed by atoms with Gasteiger partial charge in [-0.2, -0.15) is 0 Å². The first-order valence-corrected chi connectivity index (χ1v) is 18.0. The molecule has 0 amide bonds. The van der Waals surface area contributed by atoms with Crippen molar-refractivity contribution in [2.45, 2.75) is 13.1 Å². The third-order valence-electron chi connectivity index (χ3n) is 9.14. The van der Waals surface area contributed by atoms with E-state index in [0.717, 1.165) is 49.4 Å². The molecule has 0 bridgehead atoms. The van der Waals surface area contributed by atoms with Gasteiger partial charge in [0.15, 0.2) is 17.5 Å². The Morgan fingerprint density at radius 2 is 1.20 bits per heavy atom. The molecule has 1 aliphatic heterocycles. The lowest BCUT2D eigenvalue weighted by Gasteiger charge is -2.19. The third-order valence-corrected chi connectivity index (χ3v) is 12.7. The molecule has 2 aromatic heterocycles. The summed E-state index contributed by atoms with van der Waals surface area (Å²) in [5, 5.41) is 7.23. The molecule has 0 fully saturated rings. The minimum Gasteiger partial charge on any atom is -0.455 e. The largest absolute Gasteiger partial charge is 0.455 e. The van der Waals surface area contributed by atoms with Gasteiger partial charge < -0.3 is 4.42 Å². The van der Waals surface area contributed by atoms with Gasteiger partial charge in [-0.05, 0) is 39.0 Å². The summed E-state index contributed by atoms with van der Waals surface area (Å²) in [7, 11) is -1.86. The number of fused-ring (bicyclic) bond motifs is 8. The van der Waals surface area contributed by atoms with Crippen molar-refractivity contribution < 1.29 is 4.42 Å². The Morgan fingerprint density at radius 3 is 2.09 bits per heavy atom. The first-order chi connectivity index (χ1) is 21.6. The third kappa shape index (κ3) is 3.66. The number of hydrogen-bond acceptors (Lipinski definition) is 4. The molecule has 4 nitrogen and oxygen atoms in total. The highest BCUT2D eigenvalue weighted by atomic mass is 28.3. The summed E-state index contributed by atoms with van der Waals surface area (Å²) in [4.78, 5) is 15.3. The Kier molecular flexibility index (Phi) is 5.31. The van der Waals surface area contributed by atoms with Crippen LogP contribution in [0.3, 0.4) is 0 Å². The van der Waals surface area contributed by atoms with E-state index in [1.54, 1.807) is 0 Å². The molecule has 0 spiro atoms. The van der Waals surface area contributed by atoms with Crippen LogP contribution in [0.1, 0.15) is 0 Å². The molecular weight excluding hydrogens is 555 g/mol. The molecule has 0 N–H and O–H groups in total. The molecular formula is C39H27N3OSi. The SMILES string of the molecule is C[Si]1(C)c2ccccc2-c2ccc(-c3nc(-c4ccccc4)nc(-c4cccc5oc6c7ccccc7ccc6c45)n3)cc21. The summed E-state index contributed by atoms with van der Waals surface area (Å²) in [5.74, 6) is 1.96. The van der Waals surface area contributed by atoms with Crippen LogP contribution in [0, 0.1) is 0 Å². The van der Waals surface area contributed by atoms with Crippen LogP contribution < -0.4 is 10.4 Å². The second kappa shape index (κ2) is 9.30. The Balaban J connectivity index is 1.29. The van der Waals surface area contributed by atoms with E-state index in [4.69, 9.17) is 19.4 Å². The molecule has 5 heteroatoms. The van der Waals surface area contributed by atoms with E-state index in [1.165, 1.54) is 21.5 Å². The first-order valence-electron chi connectivity index (χ1n) is 15.0. The molecule has 0 saturated heterocycles. The first kappa shape index (κ1) is 25.1. The molecule has 0 atom stereocenters. The number of hydrogen-bond donors (Lipinski definition) is 0. The second-order valence-corrected chi connectivity index (χ2v) is 16.4. The summed E-state index contributed by atoms with van der Waals surface area (Å²) in [6.07, 6.45) is 0. The zero-order chi connectivity index (χ0) is 29.4. The lowest BCUT2D eigenvalue weighted by atomic mass is 10.0. The van der Waals surface area contributed by atoms with E-state index >= 15 is 0 Å². The fourth-order valence-corrected chi connectivity index (χ4v) is 10.0. The van der Waals surface area contributed by atoms with Gasteiger partial charge in [0, 0.05) is 32.8 Å². The fraction of sp³-hybridized carbons (Fsp3) is 0.0513. The average molecular weight is 582 g/mol. The lowest BCUT2D eigenvalue weighted by molar-refractivity contribution is 0.672. The molecule has 0 radical (unpaired) electrons. The molecule has 9 rings (SSSR count). The van der Waals surface area contributed by atoms with Gasteiger partial charge >= 0.3 is 0 Å². The molecule has 0 unspecified atom stereocenters. The summed E-state index contributed by atoms with van der Waals surface area (Å²) < 4.78 is 6.50. The Morgan fingerprint density at radius 1 is 0.500 bits per heavy atom. The van der Waals surface area contributed by atoms with Crippen molar-refractivity contribution in [3.8, 4) is 45.3 Å². The summed E-state index contributed by atoms with van der Waals surface area (Å²) in [6.45, 7) is 4.87. The van der Waals surface area contributed by atoms with Gasteiger partial charge in [0.1, 0.15) is 19.2 Å². The van der Waals surface area contributed by atoms with Gasteiger partial charge in [0.05, 0.1) is 0 Å². The highest BCUT2D eigenvalue weighted by Crippen LogP contribution is 2.39. The average Bonchev–Trinajstić information content (AvgIpc) is 3.58. The van der Waals surface area contributed by atoms with Crippen LogP contribution in [0.5, 0.6) is 0 Å². The number of nitrogens with zero attached hydrogens (tertiary/aromatic N) is 3. The molecule has 6 aromatic carbocycles. The minimum absolute atomic E-state index is 0.635. The maximum Gasteiger partial charge on any atom is 0.164 e. The van der Waals surface area contributed by atoms with Gasteiger partial charge in [0.2, 0.25) is 0 Å². The van der Waals surface area contributed by atoms with E-state index in [1.807, 2.05) is 30.3 Å². The van der Waals surface area contributed by atoms with Gasteiger partial charge in [-0.15, -0.1) is 0 Å². The van der Waals surface area contributed by atoms with E-state index in [9.17, 15) is 0 Å². The zero-order valence-electron chi connectivity index (χ0n) is 24.4. The highest BCUT2D eigenvalue weighted by Gasteiger charge is 2.37. The number of furan rings is 1. The summed E-state index contributed by atoms with van der Waals surface area (Å²) >= 11 is 0. The maximum absolute atomic E-state index is 6.50. The highest BCUT2D eigenvalue weighted by molar-refractivity contribution is 7.03. The second-order valence-electron chi connectivity index (χ2n) is 12.0. The number of rotatable bonds is 3. The van der Waals surface area contributed by atoms with Crippen molar-refractivity contribution >= 4 is 51.2 Å². The Labute approximate surface area is 255 Å². The fourth-order valence-electron chi connectivity index (χ4n) is 6.93. The van der Waals surface area contributed by atoms with Crippen LogP contribution in [-0.2, 0) is 0 Å². The monoisotopic (exact) mass is 581 g/mol. The van der Waals surface area contributed by atoms with Gasteiger partial charge in [-0.3, -0.25) is 0 Å². The molecule has 1 aliphatic rings. The van der Waals surface area contributed by atoms with Crippen LogP contribution in [0.4, 0.5) is 0 Å². The molecule has 0 saturated carbocycles. The van der Waals surface area contributed by atoms with Crippen LogP contribution >= 0.6 is 0 Å². The van der Waals surface area contributed by atoms with E-state index in [-0.39, 0.29) is 0 Å². The maximum atomic E-state index is 6.50. The Bertz CT molecular complexity index is 2430. The predicted molar refractivity (Wildman–Crippen MR) is 183 cm³/mol. The van der Waals surface area contributed by atoms with E-state index in [2.05, 4.69) is 110 Å². The van der Waals surface area contributed by atoms with Crippen LogP contribution in [0.2, 0.25) is 13.1 Å². The summed E-state index contributed by atoms with van der Waals surface area (Å²) in [5.41, 5.74) is 7.29. The Hall–Kier alpha value is -5.39. The van der Waals surface area contributed by atoms with Crippen LogP contribution in [-0.4, -0.2) is 23.0 Å². The summed E-state index contributed by atoms with van der Waals surface area (Å²) in [6, 6.07) is 44.6. The van der Waals surface area contributed by atoms with Crippen molar-refractivity contribution in [3.63, 3.8) is 0 Å². The van der Waals surface area contributed by atoms with Gasteiger partial charge in [-0.25, -0.2) is 15.0 Å². The minimum atomic E-state index is -1.86. The van der Waals surface area contributed by atoms with Gasteiger partial charge in [0.25, 0.3) is 0 Å². The quantitative estimate of drug-likeness (QED) is 0.196. The zero-order valence-corrected chi connectivity index (χ0v) is 25.4. The van der Waals surface area contributed by atoms with Crippen molar-refractivity contribution in [3.05, 3.63) is 127 Å². The lowest BCUT2D eigenvalue weighted by Crippen LogP contribution is -2.49. The van der Waals surface area contributed by atoms with Crippen molar-refractivity contribution in [2.24, 2.45) is 0 Å². The number of benzene rings is 6. The van der Waals surface area contributed by atoms with Crippen molar-refractivity contribution in [2.75, 3.05) is 0 Å². The normalized spacial score (nSPS) is 13.4. The van der Waals surface area contributed by atoms with E-state index < -0.39 is 8.07 Å². The molecule has 8 aromatic rings. The molecule has 3 heterocycles. The van der Waals surface area contributed by atoms with E-state index in [0.29, 0.717) is 17.5 Å². The molecule has 0 aliphatic carbocycles. The van der Waals surface area contributed by atoms with Crippen molar-refractivity contribution in [1.82, 2.24) is 15.0 Å². The number of aromatic nitrogens is 3. The topological polar surface area (TPSA) is 51.8 Å². The standard InChI is InChI=1S/C39H27N3OSi/c1-44(2)33-18-9-8-15-28(33)29-21-20-26(23-34(29)44)38-40-37(25-12-4-3-5-13-25)41-39(42-38)31-16-10-17-32-35(31)30-22-19-24-11-6-7-14-27(24)36(30)43-32/h3-23H,1-2H3. The van der Waals surface area contributed by atoms with Gasteiger partial charge in [-0.1, -0.05) is 128 Å².